The minimum absolute atomic E-state index is 0.484. The van der Waals surface area contributed by atoms with Gasteiger partial charge in [0.05, 0.1) is 0 Å². The van der Waals surface area contributed by atoms with Crippen LogP contribution in [0.3, 0.4) is 0 Å². The van der Waals surface area contributed by atoms with Crippen LogP contribution in [-0.4, -0.2) is 5.10 Å². The smallest absolute Gasteiger partial charge is 0.178 e. The monoisotopic (exact) mass is 99.0 g/mol. The maximum absolute atomic E-state index is 11.8. The average molecular weight is 99.1 g/mol. The van der Waals surface area contributed by atoms with Crippen LogP contribution in [-0.2, 0) is 0 Å². The Balaban J connectivity index is 3.02. The molecule has 1 heterocycles. The molecule has 1 aromatic heterocycles. The van der Waals surface area contributed by atoms with Gasteiger partial charge in [0.1, 0.15) is 0 Å². The Kier molecular flexibility index (Phi) is 0.978. The number of halogens is 1. The average Bonchev–Trinajstić information content (AvgIpc) is 1.69. The molecule has 36 valence electrons. The summed E-state index contributed by atoms with van der Waals surface area (Å²) < 4.78 is 11.8. The van der Waals surface area contributed by atoms with Gasteiger partial charge in [-0.3, -0.25) is 0 Å². The molecule has 2 nitrogen and oxygen atoms in total. The van der Waals surface area contributed by atoms with E-state index in [0.29, 0.717) is 0 Å². The van der Waals surface area contributed by atoms with E-state index in [9.17, 15) is 4.39 Å². The highest BCUT2D eigenvalue weighted by Gasteiger charge is 1.86. The Hall–Kier alpha value is -0.990. The van der Waals surface area contributed by atoms with Gasteiger partial charge in [0.15, 0.2) is 6.20 Å². The van der Waals surface area contributed by atoms with Gasteiger partial charge in [0.2, 0.25) is 0 Å². The van der Waals surface area contributed by atoms with Gasteiger partial charge >= 0.3 is 0 Å². The Morgan fingerprint density at radius 3 is 2.86 bits per heavy atom. The maximum Gasteiger partial charge on any atom is 0.277 e. The van der Waals surface area contributed by atoms with Crippen molar-refractivity contribution < 1.29 is 9.49 Å². The van der Waals surface area contributed by atoms with Crippen LogP contribution >= 0.6 is 0 Å². The molecule has 1 N–H and O–H groups in total. The molecule has 0 saturated heterocycles. The third-order valence-electron chi connectivity index (χ3n) is 0.576. The third kappa shape index (κ3) is 0.924. The first-order chi connectivity index (χ1) is 3.39. The minimum Gasteiger partial charge on any atom is -0.178 e. The second-order valence-electron chi connectivity index (χ2n) is 1.09. The summed E-state index contributed by atoms with van der Waals surface area (Å²) in [6.07, 6.45) is 1.54. The van der Waals surface area contributed by atoms with E-state index in [0.717, 1.165) is 0 Å². The first kappa shape index (κ1) is 4.18. The van der Waals surface area contributed by atoms with Gasteiger partial charge in [-0.1, -0.05) is 0 Å². The van der Waals surface area contributed by atoms with E-state index < -0.39 is 5.95 Å². The summed E-state index contributed by atoms with van der Waals surface area (Å²) in [6, 6.07) is 2.82. The number of aromatic nitrogens is 2. The molecule has 0 bridgehead atoms. The largest absolute Gasteiger partial charge is 0.277 e. The molecule has 1 aromatic rings. The fourth-order valence-corrected chi connectivity index (χ4v) is 0.307. The van der Waals surface area contributed by atoms with Crippen molar-refractivity contribution in [2.45, 2.75) is 0 Å². The van der Waals surface area contributed by atoms with Gasteiger partial charge < -0.3 is 0 Å². The highest BCUT2D eigenvalue weighted by Crippen LogP contribution is 1.79. The van der Waals surface area contributed by atoms with Gasteiger partial charge in [-0.25, -0.2) is 0 Å². The van der Waals surface area contributed by atoms with Crippen LogP contribution < -0.4 is 5.10 Å². The first-order valence-corrected chi connectivity index (χ1v) is 1.88. The quantitative estimate of drug-likeness (QED) is 0.451. The first-order valence-electron chi connectivity index (χ1n) is 1.88. The van der Waals surface area contributed by atoms with Gasteiger partial charge in [-0.15, -0.1) is 5.10 Å². The van der Waals surface area contributed by atoms with Crippen molar-refractivity contribution >= 4 is 0 Å². The van der Waals surface area contributed by atoms with Gasteiger partial charge in [-0.2, -0.15) is 4.39 Å². The van der Waals surface area contributed by atoms with Crippen LogP contribution in [0.15, 0.2) is 18.3 Å². The number of nitrogens with one attached hydrogen (secondary N) is 1. The Morgan fingerprint density at radius 2 is 2.57 bits per heavy atom. The molecule has 0 aliphatic rings. The zero-order valence-electron chi connectivity index (χ0n) is 3.56. The van der Waals surface area contributed by atoms with Crippen molar-refractivity contribution in [2.75, 3.05) is 0 Å². The third-order valence-corrected chi connectivity index (χ3v) is 0.576. The summed E-state index contributed by atoms with van der Waals surface area (Å²) in [4.78, 5) is 0. The van der Waals surface area contributed by atoms with Crippen LogP contribution in [0.5, 0.6) is 0 Å². The lowest BCUT2D eigenvalue weighted by Gasteiger charge is -1.70. The Bertz CT molecular complexity index is 140. The van der Waals surface area contributed by atoms with Crippen LogP contribution in [0.2, 0.25) is 0 Å². The summed E-state index contributed by atoms with van der Waals surface area (Å²) in [7, 11) is 0. The van der Waals surface area contributed by atoms with Crippen molar-refractivity contribution in [2.24, 2.45) is 0 Å². The van der Waals surface area contributed by atoms with Crippen LogP contribution in [0.1, 0.15) is 0 Å². The zero-order chi connectivity index (χ0) is 5.11. The summed E-state index contributed by atoms with van der Waals surface area (Å²) in [6.45, 7) is 0. The molecule has 0 saturated carbocycles. The fraction of sp³-hybridized carbons (Fsp3) is 0. The maximum atomic E-state index is 11.8. The molecule has 0 aliphatic heterocycles. The van der Waals surface area contributed by atoms with Crippen LogP contribution in [0.4, 0.5) is 4.39 Å². The van der Waals surface area contributed by atoms with Crippen LogP contribution in [0, 0.1) is 5.95 Å². The van der Waals surface area contributed by atoms with Crippen molar-refractivity contribution in [3.63, 3.8) is 0 Å². The van der Waals surface area contributed by atoms with E-state index in [1.54, 1.807) is 12.3 Å². The van der Waals surface area contributed by atoms with Gasteiger partial charge in [0, 0.05) is 17.2 Å². The molecular weight excluding hydrogens is 95.1 g/mol. The molecule has 0 atom stereocenters. The molecule has 7 heavy (non-hydrogen) atoms. The summed E-state index contributed by atoms with van der Waals surface area (Å²) >= 11 is 0. The van der Waals surface area contributed by atoms with E-state index in [1.807, 2.05) is 0 Å². The number of H-pyrrole nitrogens is 1. The molecule has 0 radical (unpaired) electrons. The number of hydrogen-bond acceptors (Lipinski definition) is 1. The standard InChI is InChI=1S/C4H3FN2/c5-4-2-1-3-6-7-4/h1-3H/p+1. The zero-order valence-corrected chi connectivity index (χ0v) is 3.56. The minimum atomic E-state index is -0.484. The van der Waals surface area contributed by atoms with Crippen LogP contribution in [0.25, 0.3) is 0 Å². The number of rotatable bonds is 0. The van der Waals surface area contributed by atoms with Crippen molar-refractivity contribution in [1.29, 1.82) is 0 Å². The molecule has 3 heteroatoms. The van der Waals surface area contributed by atoms with E-state index in [2.05, 4.69) is 10.2 Å². The van der Waals surface area contributed by atoms with E-state index >= 15 is 0 Å². The lowest BCUT2D eigenvalue weighted by molar-refractivity contribution is -0.459. The molecule has 0 amide bonds. The lowest BCUT2D eigenvalue weighted by Crippen LogP contribution is -2.06. The molecule has 0 spiro atoms. The highest BCUT2D eigenvalue weighted by molar-refractivity contribution is 4.79. The van der Waals surface area contributed by atoms with E-state index in [-0.39, 0.29) is 0 Å². The Morgan fingerprint density at radius 1 is 1.71 bits per heavy atom. The van der Waals surface area contributed by atoms with Gasteiger partial charge in [-0.05, 0) is 0 Å². The second-order valence-corrected chi connectivity index (χ2v) is 1.09. The summed E-state index contributed by atoms with van der Waals surface area (Å²) in [5, 5.41) is 5.52. The highest BCUT2D eigenvalue weighted by atomic mass is 19.1. The number of nitrogens with zero attached hydrogens (tertiary/aromatic N) is 1. The predicted octanol–water partition coefficient (Wildman–Crippen LogP) is 0.0348. The summed E-state index contributed by atoms with van der Waals surface area (Å²) in [5.41, 5.74) is 0. The van der Waals surface area contributed by atoms with Gasteiger partial charge in [0.25, 0.3) is 5.95 Å². The fourth-order valence-electron chi connectivity index (χ4n) is 0.307. The molecule has 1 rings (SSSR count). The molecule has 0 fully saturated rings. The molecular formula is C4H4FN2+. The van der Waals surface area contributed by atoms with E-state index in [1.165, 1.54) is 6.07 Å². The normalized spacial score (nSPS) is 8.71. The number of aromatic amines is 1. The van der Waals surface area contributed by atoms with Crippen molar-refractivity contribution in [1.82, 2.24) is 5.10 Å². The summed E-state index contributed by atoms with van der Waals surface area (Å²) in [5.74, 6) is -0.484. The Labute approximate surface area is 40.0 Å². The molecule has 0 aromatic carbocycles. The van der Waals surface area contributed by atoms with Crippen molar-refractivity contribution in [3.05, 3.63) is 24.3 Å². The topological polar surface area (TPSA) is 27.0 Å². The number of hydrogen-bond donors (Lipinski definition) is 0. The second kappa shape index (κ2) is 1.64. The molecule has 0 unspecified atom stereocenters. The van der Waals surface area contributed by atoms with Crippen molar-refractivity contribution in [3.8, 4) is 0 Å². The lowest BCUT2D eigenvalue weighted by atomic mass is 10.6. The SMILES string of the molecule is Fc1ccc[nH+]n1. The van der Waals surface area contributed by atoms with E-state index in [4.69, 9.17) is 0 Å². The molecule has 0 aliphatic carbocycles. The predicted molar refractivity (Wildman–Crippen MR) is 20.8 cm³/mol.